The molecule has 21 heavy (non-hydrogen) atoms. The zero-order valence-electron chi connectivity index (χ0n) is 11.8. The van der Waals surface area contributed by atoms with E-state index in [2.05, 4.69) is 5.32 Å². The van der Waals surface area contributed by atoms with Gasteiger partial charge in [0.1, 0.15) is 5.82 Å². The highest BCUT2D eigenvalue weighted by molar-refractivity contribution is 5.93. The molecular formula is C15H20FN3O2. The van der Waals surface area contributed by atoms with Gasteiger partial charge in [0, 0.05) is 30.1 Å². The van der Waals surface area contributed by atoms with E-state index in [1.54, 1.807) is 6.07 Å². The van der Waals surface area contributed by atoms with Crippen LogP contribution in [-0.2, 0) is 16.0 Å². The maximum Gasteiger partial charge on any atom is 0.224 e. The molecule has 0 aliphatic carbocycles. The number of aryl methyl sites for hydroxylation is 1. The molecule has 5 nitrogen and oxygen atoms in total. The van der Waals surface area contributed by atoms with Gasteiger partial charge in [0.2, 0.25) is 11.8 Å². The summed E-state index contributed by atoms with van der Waals surface area (Å²) in [5.41, 5.74) is 13.0. The number of carbonyl (C=O) groups excluding carboxylic acids is 2. The molecule has 1 unspecified atom stereocenters. The van der Waals surface area contributed by atoms with Crippen LogP contribution in [0.15, 0.2) is 12.1 Å². The first-order valence-electron chi connectivity index (χ1n) is 7.13. The zero-order valence-corrected chi connectivity index (χ0v) is 11.8. The average Bonchev–Trinajstić information content (AvgIpc) is 2.42. The Kier molecular flexibility index (Phi) is 4.90. The number of anilines is 1. The minimum Gasteiger partial charge on any atom is -0.370 e. The van der Waals surface area contributed by atoms with Crippen LogP contribution in [0.5, 0.6) is 0 Å². The Balaban J connectivity index is 2.02. The van der Waals surface area contributed by atoms with Gasteiger partial charge in [-0.2, -0.15) is 0 Å². The van der Waals surface area contributed by atoms with Crippen molar-refractivity contribution in [2.24, 2.45) is 11.5 Å². The molecule has 6 heteroatoms. The predicted octanol–water partition coefficient (Wildman–Crippen LogP) is 1.76. The van der Waals surface area contributed by atoms with Crippen LogP contribution >= 0.6 is 0 Å². The van der Waals surface area contributed by atoms with E-state index in [9.17, 15) is 14.0 Å². The normalized spacial score (nSPS) is 15.2. The third-order valence-corrected chi connectivity index (χ3v) is 3.71. The fraction of sp³-hybridized carbons (Fsp3) is 0.467. The van der Waals surface area contributed by atoms with Crippen LogP contribution in [0.25, 0.3) is 0 Å². The van der Waals surface area contributed by atoms with Crippen LogP contribution in [-0.4, -0.2) is 11.8 Å². The third kappa shape index (κ3) is 4.01. The van der Waals surface area contributed by atoms with E-state index in [1.807, 2.05) is 0 Å². The summed E-state index contributed by atoms with van der Waals surface area (Å²) >= 11 is 0. The number of rotatable bonds is 6. The number of amides is 2. The number of carbonyl (C=O) groups is 2. The van der Waals surface area contributed by atoms with Crippen LogP contribution in [0, 0.1) is 5.82 Å². The second-order valence-corrected chi connectivity index (χ2v) is 5.40. The van der Waals surface area contributed by atoms with Crippen molar-refractivity contribution in [1.29, 1.82) is 0 Å². The molecule has 0 bridgehead atoms. The smallest absolute Gasteiger partial charge is 0.224 e. The number of benzene rings is 1. The van der Waals surface area contributed by atoms with Crippen LogP contribution < -0.4 is 16.8 Å². The van der Waals surface area contributed by atoms with Gasteiger partial charge in [-0.3, -0.25) is 9.59 Å². The topological polar surface area (TPSA) is 98.2 Å². The molecule has 1 aliphatic rings. The van der Waals surface area contributed by atoms with Gasteiger partial charge in [0.15, 0.2) is 0 Å². The molecule has 0 saturated heterocycles. The fourth-order valence-electron chi connectivity index (χ4n) is 2.52. The second-order valence-electron chi connectivity index (χ2n) is 5.40. The lowest BCUT2D eigenvalue weighted by atomic mass is 9.94. The van der Waals surface area contributed by atoms with Gasteiger partial charge in [-0.1, -0.05) is 6.42 Å². The van der Waals surface area contributed by atoms with Crippen molar-refractivity contribution < 1.29 is 14.0 Å². The highest BCUT2D eigenvalue weighted by Gasteiger charge is 2.20. The minimum absolute atomic E-state index is 0.0922. The van der Waals surface area contributed by atoms with Crippen LogP contribution in [0.4, 0.5) is 10.1 Å². The lowest BCUT2D eigenvalue weighted by Gasteiger charge is -2.20. The van der Waals surface area contributed by atoms with Gasteiger partial charge in [-0.05, 0) is 37.0 Å². The number of hydrogen-bond acceptors (Lipinski definition) is 3. The quantitative estimate of drug-likeness (QED) is 0.697. The Bertz CT molecular complexity index is 560. The molecule has 0 saturated carbocycles. The maximum atomic E-state index is 14.1. The van der Waals surface area contributed by atoms with Crippen LogP contribution in [0.3, 0.4) is 0 Å². The van der Waals surface area contributed by atoms with E-state index in [0.717, 1.165) is 12.0 Å². The van der Waals surface area contributed by atoms with Crippen molar-refractivity contribution in [3.63, 3.8) is 0 Å². The highest BCUT2D eigenvalue weighted by atomic mass is 19.1. The number of primary amides is 1. The van der Waals surface area contributed by atoms with E-state index < -0.39 is 11.9 Å². The molecule has 1 atom stereocenters. The lowest BCUT2D eigenvalue weighted by molar-refractivity contribution is -0.118. The molecule has 0 fully saturated rings. The third-order valence-electron chi connectivity index (χ3n) is 3.71. The lowest BCUT2D eigenvalue weighted by Crippen LogP contribution is -2.21. The first kappa shape index (κ1) is 15.4. The summed E-state index contributed by atoms with van der Waals surface area (Å²) in [6, 6.07) is 2.66. The summed E-state index contributed by atoms with van der Waals surface area (Å²) in [7, 11) is 0. The monoisotopic (exact) mass is 293 g/mol. The Morgan fingerprint density at radius 1 is 1.33 bits per heavy atom. The van der Waals surface area contributed by atoms with Crippen molar-refractivity contribution in [2.45, 2.75) is 44.6 Å². The number of nitrogens with one attached hydrogen (secondary N) is 1. The fourth-order valence-corrected chi connectivity index (χ4v) is 2.52. The molecule has 0 spiro atoms. The summed E-state index contributed by atoms with van der Waals surface area (Å²) in [4.78, 5) is 21.9. The van der Waals surface area contributed by atoms with Crippen molar-refractivity contribution in [3.8, 4) is 0 Å². The molecule has 2 amide bonds. The predicted molar refractivity (Wildman–Crippen MR) is 77.9 cm³/mol. The Hall–Kier alpha value is -1.95. The SMILES string of the molecule is NC(=O)CCCCC(N)c1cc2c(cc1F)NC(=O)CC2. The van der Waals surface area contributed by atoms with Gasteiger partial charge in [0.05, 0.1) is 0 Å². The number of halogens is 1. The summed E-state index contributed by atoms with van der Waals surface area (Å²) < 4.78 is 14.1. The largest absolute Gasteiger partial charge is 0.370 e. The standard InChI is InChI=1S/C15H20FN3O2/c16-11-8-13-9(5-6-15(21)19-13)7-10(11)12(17)3-1-2-4-14(18)20/h7-8,12H,1-6,17H2,(H2,18,20)(H,19,21). The van der Waals surface area contributed by atoms with Crippen molar-refractivity contribution in [2.75, 3.05) is 5.32 Å². The van der Waals surface area contributed by atoms with Crippen molar-refractivity contribution in [3.05, 3.63) is 29.1 Å². The number of hydrogen-bond donors (Lipinski definition) is 3. The molecule has 0 radical (unpaired) electrons. The Morgan fingerprint density at radius 3 is 2.81 bits per heavy atom. The van der Waals surface area contributed by atoms with Gasteiger partial charge < -0.3 is 16.8 Å². The molecule has 1 aliphatic heterocycles. The first-order valence-corrected chi connectivity index (χ1v) is 7.13. The van der Waals surface area contributed by atoms with E-state index >= 15 is 0 Å². The molecular weight excluding hydrogens is 273 g/mol. The molecule has 1 heterocycles. The number of nitrogens with two attached hydrogens (primary N) is 2. The van der Waals surface area contributed by atoms with Gasteiger partial charge in [-0.25, -0.2) is 4.39 Å². The average molecular weight is 293 g/mol. The molecule has 1 aromatic rings. The van der Waals surface area contributed by atoms with Crippen LogP contribution in [0.2, 0.25) is 0 Å². The van der Waals surface area contributed by atoms with E-state index in [0.29, 0.717) is 43.4 Å². The number of fused-ring (bicyclic) bond motifs is 1. The Morgan fingerprint density at radius 2 is 2.10 bits per heavy atom. The van der Waals surface area contributed by atoms with Gasteiger partial charge >= 0.3 is 0 Å². The summed E-state index contributed by atoms with van der Waals surface area (Å²) in [6.45, 7) is 0. The highest BCUT2D eigenvalue weighted by Crippen LogP contribution is 2.29. The minimum atomic E-state index is -0.416. The molecule has 114 valence electrons. The van der Waals surface area contributed by atoms with Gasteiger partial charge in [-0.15, -0.1) is 0 Å². The van der Waals surface area contributed by atoms with E-state index in [1.165, 1.54) is 6.07 Å². The van der Waals surface area contributed by atoms with Crippen molar-refractivity contribution >= 4 is 17.5 Å². The van der Waals surface area contributed by atoms with Crippen LogP contribution in [0.1, 0.15) is 49.3 Å². The van der Waals surface area contributed by atoms with E-state index in [4.69, 9.17) is 11.5 Å². The summed E-state index contributed by atoms with van der Waals surface area (Å²) in [5.74, 6) is -0.831. The maximum absolute atomic E-state index is 14.1. The second kappa shape index (κ2) is 6.67. The molecule has 1 aromatic carbocycles. The summed E-state index contributed by atoms with van der Waals surface area (Å²) in [5, 5.41) is 2.66. The zero-order chi connectivity index (χ0) is 15.4. The number of unbranched alkanes of at least 4 members (excludes halogenated alkanes) is 1. The Labute approximate surface area is 122 Å². The summed E-state index contributed by atoms with van der Waals surface area (Å²) in [6.07, 6.45) is 3.30. The van der Waals surface area contributed by atoms with Gasteiger partial charge in [0.25, 0.3) is 0 Å². The molecule has 0 aromatic heterocycles. The molecule has 5 N–H and O–H groups in total. The first-order chi connectivity index (χ1) is 9.97. The van der Waals surface area contributed by atoms with Crippen molar-refractivity contribution in [1.82, 2.24) is 0 Å². The molecule has 2 rings (SSSR count). The van der Waals surface area contributed by atoms with E-state index in [-0.39, 0.29) is 11.8 Å².